The Bertz CT molecular complexity index is 806. The average molecular weight is 358 g/mol. The molecule has 2 aromatic rings. The van der Waals surface area contributed by atoms with Gasteiger partial charge in [-0.3, -0.25) is 14.9 Å². The van der Waals surface area contributed by atoms with E-state index in [-0.39, 0.29) is 25.0 Å². The molecule has 0 fully saturated rings. The van der Waals surface area contributed by atoms with Gasteiger partial charge in [0.2, 0.25) is 6.79 Å². The summed E-state index contributed by atoms with van der Waals surface area (Å²) in [4.78, 5) is 24.2. The van der Waals surface area contributed by atoms with Gasteiger partial charge in [-0.2, -0.15) is 0 Å². The topological polar surface area (TPSA) is 91.1 Å². The first-order valence-electron chi connectivity index (χ1n) is 8.10. The van der Waals surface area contributed by atoms with E-state index in [4.69, 9.17) is 14.2 Å². The fourth-order valence-corrected chi connectivity index (χ4v) is 2.54. The van der Waals surface area contributed by atoms with Crippen molar-refractivity contribution < 1.29 is 23.9 Å². The number of nitro groups is 1. The van der Waals surface area contributed by atoms with Crippen LogP contribution >= 0.6 is 0 Å². The smallest absolute Gasteiger partial charge is 0.269 e. The summed E-state index contributed by atoms with van der Waals surface area (Å²) >= 11 is 0. The Morgan fingerprint density at radius 1 is 1.19 bits per heavy atom. The van der Waals surface area contributed by atoms with E-state index in [1.54, 1.807) is 4.90 Å². The SMILES string of the molecule is CCN(Cc1ccc2c(c1)OCO2)C(=O)COc1ccc([N+](=O)[O-])cc1. The highest BCUT2D eigenvalue weighted by Gasteiger charge is 2.17. The zero-order chi connectivity index (χ0) is 18.5. The molecule has 0 bridgehead atoms. The van der Waals surface area contributed by atoms with Crippen molar-refractivity contribution in [2.75, 3.05) is 19.9 Å². The van der Waals surface area contributed by atoms with Gasteiger partial charge in [-0.1, -0.05) is 6.07 Å². The summed E-state index contributed by atoms with van der Waals surface area (Å²) in [5, 5.41) is 10.6. The molecule has 1 aliphatic heterocycles. The summed E-state index contributed by atoms with van der Waals surface area (Å²) in [5.74, 6) is 1.60. The Kier molecular flexibility index (Phi) is 5.21. The second-order valence-corrected chi connectivity index (χ2v) is 5.64. The highest BCUT2D eigenvalue weighted by Crippen LogP contribution is 2.32. The summed E-state index contributed by atoms with van der Waals surface area (Å²) in [7, 11) is 0. The van der Waals surface area contributed by atoms with Crippen LogP contribution in [-0.2, 0) is 11.3 Å². The molecule has 0 atom stereocenters. The molecular weight excluding hydrogens is 340 g/mol. The molecule has 8 nitrogen and oxygen atoms in total. The number of nitro benzene ring substituents is 1. The Hall–Kier alpha value is -3.29. The highest BCUT2D eigenvalue weighted by molar-refractivity contribution is 5.77. The summed E-state index contributed by atoms with van der Waals surface area (Å²) in [5.41, 5.74) is 0.904. The van der Waals surface area contributed by atoms with Crippen molar-refractivity contribution in [2.24, 2.45) is 0 Å². The van der Waals surface area contributed by atoms with E-state index in [0.29, 0.717) is 30.3 Å². The van der Waals surface area contributed by atoms with Crippen molar-refractivity contribution in [1.29, 1.82) is 0 Å². The van der Waals surface area contributed by atoms with Crippen molar-refractivity contribution in [3.05, 3.63) is 58.1 Å². The first-order valence-corrected chi connectivity index (χ1v) is 8.10. The molecule has 0 spiro atoms. The number of non-ortho nitro benzene ring substituents is 1. The summed E-state index contributed by atoms with van der Waals surface area (Å²) in [6, 6.07) is 11.2. The molecule has 8 heteroatoms. The maximum Gasteiger partial charge on any atom is 0.269 e. The van der Waals surface area contributed by atoms with Gasteiger partial charge in [0, 0.05) is 25.2 Å². The summed E-state index contributed by atoms with van der Waals surface area (Å²) in [6.07, 6.45) is 0. The number of rotatable bonds is 7. The number of nitrogens with zero attached hydrogens (tertiary/aromatic N) is 2. The van der Waals surface area contributed by atoms with Gasteiger partial charge in [0.05, 0.1) is 4.92 Å². The molecule has 0 saturated heterocycles. The maximum absolute atomic E-state index is 12.4. The average Bonchev–Trinajstić information content (AvgIpc) is 3.12. The third-order valence-electron chi connectivity index (χ3n) is 3.95. The van der Waals surface area contributed by atoms with E-state index < -0.39 is 4.92 Å². The van der Waals surface area contributed by atoms with Gasteiger partial charge in [0.15, 0.2) is 18.1 Å². The van der Waals surface area contributed by atoms with E-state index in [2.05, 4.69) is 0 Å². The Morgan fingerprint density at radius 2 is 1.92 bits per heavy atom. The lowest BCUT2D eigenvalue weighted by molar-refractivity contribution is -0.384. The van der Waals surface area contributed by atoms with Crippen molar-refractivity contribution in [3.63, 3.8) is 0 Å². The Morgan fingerprint density at radius 3 is 2.62 bits per heavy atom. The molecule has 1 amide bonds. The summed E-state index contributed by atoms with van der Waals surface area (Å²) in [6.45, 7) is 2.90. The molecular formula is C18H18N2O6. The van der Waals surface area contributed by atoms with Crippen LogP contribution in [0.15, 0.2) is 42.5 Å². The first kappa shape index (κ1) is 17.5. The minimum atomic E-state index is -0.487. The van der Waals surface area contributed by atoms with Crippen molar-refractivity contribution in [1.82, 2.24) is 4.90 Å². The number of carbonyl (C=O) groups excluding carboxylic acids is 1. The molecule has 0 unspecified atom stereocenters. The summed E-state index contributed by atoms with van der Waals surface area (Å²) < 4.78 is 16.1. The minimum Gasteiger partial charge on any atom is -0.484 e. The fraction of sp³-hybridized carbons (Fsp3) is 0.278. The van der Waals surface area contributed by atoms with Crippen LogP contribution in [-0.4, -0.2) is 35.7 Å². The molecule has 26 heavy (non-hydrogen) atoms. The van der Waals surface area contributed by atoms with E-state index >= 15 is 0 Å². The van der Waals surface area contributed by atoms with Gasteiger partial charge in [-0.15, -0.1) is 0 Å². The quantitative estimate of drug-likeness (QED) is 0.558. The molecule has 1 aliphatic rings. The van der Waals surface area contributed by atoms with Gasteiger partial charge >= 0.3 is 0 Å². The van der Waals surface area contributed by atoms with Crippen molar-refractivity contribution in [3.8, 4) is 17.2 Å². The molecule has 0 aliphatic carbocycles. The van der Waals surface area contributed by atoms with Gasteiger partial charge in [0.25, 0.3) is 11.6 Å². The Labute approximate surface area is 150 Å². The number of likely N-dealkylation sites (N-methyl/N-ethyl adjacent to an activating group) is 1. The van der Waals surface area contributed by atoms with Gasteiger partial charge in [-0.05, 0) is 36.8 Å². The van der Waals surface area contributed by atoms with Gasteiger partial charge in [0.1, 0.15) is 5.75 Å². The molecule has 0 aromatic heterocycles. The second-order valence-electron chi connectivity index (χ2n) is 5.64. The van der Waals surface area contributed by atoms with E-state index in [1.807, 2.05) is 25.1 Å². The van der Waals surface area contributed by atoms with Crippen molar-refractivity contribution >= 4 is 11.6 Å². The third-order valence-corrected chi connectivity index (χ3v) is 3.95. The number of ether oxygens (including phenoxy) is 3. The predicted octanol–water partition coefficient (Wildman–Crippen LogP) is 2.75. The maximum atomic E-state index is 12.4. The van der Waals surface area contributed by atoms with E-state index in [9.17, 15) is 14.9 Å². The van der Waals surface area contributed by atoms with E-state index in [1.165, 1.54) is 24.3 Å². The van der Waals surface area contributed by atoms with Crippen LogP contribution in [0.25, 0.3) is 0 Å². The zero-order valence-corrected chi connectivity index (χ0v) is 14.2. The number of fused-ring (bicyclic) bond motifs is 1. The van der Waals surface area contributed by atoms with Crippen LogP contribution in [0.1, 0.15) is 12.5 Å². The van der Waals surface area contributed by atoms with Gasteiger partial charge < -0.3 is 19.1 Å². The second kappa shape index (κ2) is 7.73. The molecule has 0 N–H and O–H groups in total. The number of carbonyl (C=O) groups is 1. The normalized spacial score (nSPS) is 11.9. The van der Waals surface area contributed by atoms with Crippen molar-refractivity contribution in [2.45, 2.75) is 13.5 Å². The van der Waals surface area contributed by atoms with Crippen LogP contribution < -0.4 is 14.2 Å². The molecule has 0 saturated carbocycles. The molecule has 136 valence electrons. The van der Waals surface area contributed by atoms with Crippen LogP contribution in [0.2, 0.25) is 0 Å². The third kappa shape index (κ3) is 4.02. The van der Waals surface area contributed by atoms with E-state index in [0.717, 1.165) is 5.56 Å². The van der Waals surface area contributed by atoms with Crippen LogP contribution in [0.5, 0.6) is 17.2 Å². The standard InChI is InChI=1S/C18H18N2O6/c1-2-19(10-13-3-8-16-17(9-13)26-12-25-16)18(21)11-24-15-6-4-14(5-7-15)20(22)23/h3-9H,2,10-12H2,1H3. The van der Waals surface area contributed by atoms with Gasteiger partial charge in [-0.25, -0.2) is 0 Å². The largest absolute Gasteiger partial charge is 0.484 e. The Balaban J connectivity index is 1.57. The number of amides is 1. The number of hydrogen-bond donors (Lipinski definition) is 0. The number of benzene rings is 2. The predicted molar refractivity (Wildman–Crippen MR) is 92.2 cm³/mol. The van der Waals surface area contributed by atoms with Crippen LogP contribution in [0.3, 0.4) is 0 Å². The molecule has 1 heterocycles. The number of hydrogen-bond acceptors (Lipinski definition) is 6. The lowest BCUT2D eigenvalue weighted by Crippen LogP contribution is -2.34. The van der Waals surface area contributed by atoms with Crippen LogP contribution in [0.4, 0.5) is 5.69 Å². The fourth-order valence-electron chi connectivity index (χ4n) is 2.54. The lowest BCUT2D eigenvalue weighted by atomic mass is 10.2. The molecule has 2 aromatic carbocycles. The molecule has 0 radical (unpaired) electrons. The van der Waals surface area contributed by atoms with Crippen LogP contribution in [0, 0.1) is 10.1 Å². The zero-order valence-electron chi connectivity index (χ0n) is 14.2. The lowest BCUT2D eigenvalue weighted by Gasteiger charge is -2.21. The molecule has 3 rings (SSSR count). The first-order chi connectivity index (χ1) is 12.6. The minimum absolute atomic E-state index is 0.0262. The highest BCUT2D eigenvalue weighted by atomic mass is 16.7. The monoisotopic (exact) mass is 358 g/mol.